The van der Waals surface area contributed by atoms with Gasteiger partial charge in [-0.05, 0) is 44.6 Å². The molecule has 0 saturated carbocycles. The van der Waals surface area contributed by atoms with Gasteiger partial charge in [0.2, 0.25) is 17.7 Å². The van der Waals surface area contributed by atoms with E-state index in [9.17, 15) is 24.3 Å². The Labute approximate surface area is 176 Å². The maximum atomic E-state index is 12.8. The number of nitrogens with one attached hydrogen (secondary N) is 3. The summed E-state index contributed by atoms with van der Waals surface area (Å²) < 4.78 is 0. The minimum atomic E-state index is -1.12. The second-order valence-electron chi connectivity index (χ2n) is 8.11. The average Bonchev–Trinajstić information content (AvgIpc) is 3.35. The third-order valence-corrected chi connectivity index (χ3v) is 5.70. The lowest BCUT2D eigenvalue weighted by atomic mass is 10.0. The van der Waals surface area contributed by atoms with E-state index in [4.69, 9.17) is 0 Å². The van der Waals surface area contributed by atoms with Crippen LogP contribution in [0.2, 0.25) is 0 Å². The van der Waals surface area contributed by atoms with Gasteiger partial charge in [-0.25, -0.2) is 4.79 Å². The van der Waals surface area contributed by atoms with Crippen molar-refractivity contribution in [3.05, 3.63) is 0 Å². The number of rotatable bonds is 9. The van der Waals surface area contributed by atoms with Crippen molar-refractivity contribution in [1.82, 2.24) is 20.9 Å². The molecule has 2 saturated heterocycles. The van der Waals surface area contributed by atoms with E-state index in [0.29, 0.717) is 13.0 Å². The van der Waals surface area contributed by atoms with Crippen LogP contribution in [0.5, 0.6) is 0 Å². The van der Waals surface area contributed by atoms with Gasteiger partial charge < -0.3 is 26.0 Å². The number of hydrogen-bond donors (Lipinski definition) is 5. The van der Waals surface area contributed by atoms with Gasteiger partial charge >= 0.3 is 5.97 Å². The molecule has 0 aromatic rings. The quantitative estimate of drug-likeness (QED) is 0.323. The third-order valence-electron chi connectivity index (χ3n) is 5.33. The van der Waals surface area contributed by atoms with Crippen molar-refractivity contribution in [3.63, 3.8) is 0 Å². The monoisotopic (exact) mass is 428 g/mol. The minimum Gasteiger partial charge on any atom is -0.480 e. The lowest BCUT2D eigenvalue weighted by Crippen LogP contribution is -2.57. The predicted molar refractivity (Wildman–Crippen MR) is 111 cm³/mol. The Morgan fingerprint density at radius 3 is 2.41 bits per heavy atom. The van der Waals surface area contributed by atoms with Crippen molar-refractivity contribution in [2.75, 3.05) is 18.8 Å². The van der Waals surface area contributed by atoms with E-state index in [2.05, 4.69) is 28.6 Å². The molecule has 0 spiro atoms. The summed E-state index contributed by atoms with van der Waals surface area (Å²) in [5, 5.41) is 17.6. The number of amides is 3. The van der Waals surface area contributed by atoms with Crippen LogP contribution < -0.4 is 16.0 Å². The first-order valence-corrected chi connectivity index (χ1v) is 10.9. The van der Waals surface area contributed by atoms with Crippen molar-refractivity contribution in [2.24, 2.45) is 5.92 Å². The lowest BCUT2D eigenvalue weighted by Gasteiger charge is -2.28. The van der Waals surface area contributed by atoms with Crippen LogP contribution in [0.4, 0.5) is 0 Å². The van der Waals surface area contributed by atoms with Gasteiger partial charge in [0.25, 0.3) is 0 Å². The molecule has 0 aromatic heterocycles. The molecule has 0 radical (unpaired) electrons. The predicted octanol–water partition coefficient (Wildman–Crippen LogP) is -0.240. The van der Waals surface area contributed by atoms with Crippen molar-refractivity contribution >= 4 is 36.3 Å². The standard InChI is InChI=1S/C19H32N4O5S/c1-11(2)9-13(19(27)28)21-16(24)14(10-29)22-17(25)15-6-4-8-23(15)18(26)12-5-3-7-20-12/h11-15,20,29H,3-10H2,1-2H3,(H,21,24)(H,22,25)(H,27,28)/t12-,13-,14-,15-/m0/s1. The zero-order chi connectivity index (χ0) is 21.6. The zero-order valence-electron chi connectivity index (χ0n) is 17.0. The van der Waals surface area contributed by atoms with Crippen LogP contribution in [0, 0.1) is 5.92 Å². The van der Waals surface area contributed by atoms with E-state index >= 15 is 0 Å². The fourth-order valence-electron chi connectivity index (χ4n) is 3.83. The summed E-state index contributed by atoms with van der Waals surface area (Å²) in [6, 6.07) is -2.87. The first-order chi connectivity index (χ1) is 13.7. The maximum Gasteiger partial charge on any atom is 0.326 e. The number of aliphatic carboxylic acids is 1. The molecule has 0 aliphatic carbocycles. The van der Waals surface area contributed by atoms with Crippen LogP contribution in [-0.2, 0) is 19.2 Å². The highest BCUT2D eigenvalue weighted by molar-refractivity contribution is 7.80. The molecule has 10 heteroatoms. The number of thiol groups is 1. The number of carbonyl (C=O) groups is 4. The Hall–Kier alpha value is -1.81. The van der Waals surface area contributed by atoms with Crippen LogP contribution in [0.1, 0.15) is 46.0 Å². The summed E-state index contributed by atoms with van der Waals surface area (Å²) >= 11 is 4.14. The Balaban J connectivity index is 1.97. The minimum absolute atomic E-state index is 0.0242. The molecule has 2 heterocycles. The van der Waals surface area contributed by atoms with E-state index in [1.54, 1.807) is 4.90 Å². The van der Waals surface area contributed by atoms with Gasteiger partial charge in [-0.3, -0.25) is 14.4 Å². The van der Waals surface area contributed by atoms with Crippen LogP contribution >= 0.6 is 12.6 Å². The highest BCUT2D eigenvalue weighted by atomic mass is 32.1. The van der Waals surface area contributed by atoms with E-state index in [1.807, 2.05) is 13.8 Å². The molecule has 2 aliphatic rings. The van der Waals surface area contributed by atoms with Crippen LogP contribution in [-0.4, -0.2) is 76.7 Å². The molecule has 0 aromatic carbocycles. The van der Waals surface area contributed by atoms with Gasteiger partial charge in [0, 0.05) is 12.3 Å². The van der Waals surface area contributed by atoms with Crippen molar-refractivity contribution in [2.45, 2.75) is 70.1 Å². The molecule has 2 fully saturated rings. The molecule has 0 unspecified atom stereocenters. The maximum absolute atomic E-state index is 12.8. The van der Waals surface area contributed by atoms with Crippen molar-refractivity contribution in [3.8, 4) is 0 Å². The highest BCUT2D eigenvalue weighted by Crippen LogP contribution is 2.21. The summed E-state index contributed by atoms with van der Waals surface area (Å²) in [4.78, 5) is 51.0. The normalized spacial score (nSPS) is 23.7. The lowest BCUT2D eigenvalue weighted by molar-refractivity contribution is -0.143. The number of hydrogen-bond acceptors (Lipinski definition) is 6. The number of carboxylic acids is 1. The molecule has 2 rings (SSSR count). The molecule has 0 bridgehead atoms. The van der Waals surface area contributed by atoms with Crippen molar-refractivity contribution in [1.29, 1.82) is 0 Å². The number of carbonyl (C=O) groups excluding carboxylic acids is 3. The Bertz CT molecular complexity index is 624. The topological polar surface area (TPSA) is 128 Å². The fourth-order valence-corrected chi connectivity index (χ4v) is 4.08. The first kappa shape index (κ1) is 23.5. The van der Waals surface area contributed by atoms with Crippen LogP contribution in [0.25, 0.3) is 0 Å². The largest absolute Gasteiger partial charge is 0.480 e. The molecular formula is C19H32N4O5S. The molecule has 4 N–H and O–H groups in total. The molecule has 9 nitrogen and oxygen atoms in total. The number of nitrogens with zero attached hydrogens (tertiary/aromatic N) is 1. The van der Waals surface area contributed by atoms with E-state index in [1.165, 1.54) is 0 Å². The Morgan fingerprint density at radius 1 is 1.14 bits per heavy atom. The summed E-state index contributed by atoms with van der Waals surface area (Å²) in [7, 11) is 0. The van der Waals surface area contributed by atoms with E-state index in [-0.39, 0.29) is 30.0 Å². The molecule has 164 valence electrons. The highest BCUT2D eigenvalue weighted by Gasteiger charge is 2.39. The third kappa shape index (κ3) is 6.33. The van der Waals surface area contributed by atoms with Gasteiger partial charge in [-0.1, -0.05) is 13.8 Å². The molecule has 2 aliphatic heterocycles. The van der Waals surface area contributed by atoms with Gasteiger partial charge in [0.1, 0.15) is 18.1 Å². The SMILES string of the molecule is CC(C)C[C@H](NC(=O)[C@H](CS)NC(=O)[C@@H]1CCCN1C(=O)[C@@H]1CCCN1)C(=O)O. The van der Waals surface area contributed by atoms with Crippen molar-refractivity contribution < 1.29 is 24.3 Å². The first-order valence-electron chi connectivity index (χ1n) is 10.2. The van der Waals surface area contributed by atoms with Crippen LogP contribution in [0.3, 0.4) is 0 Å². The van der Waals surface area contributed by atoms with Crippen LogP contribution in [0.15, 0.2) is 0 Å². The molecular weight excluding hydrogens is 396 g/mol. The summed E-state index contributed by atoms with van der Waals surface area (Å²) in [6.07, 6.45) is 3.25. The fraction of sp³-hybridized carbons (Fsp3) is 0.789. The van der Waals surface area contributed by atoms with Gasteiger partial charge in [-0.2, -0.15) is 12.6 Å². The second kappa shape index (κ2) is 10.8. The average molecular weight is 429 g/mol. The number of likely N-dealkylation sites (tertiary alicyclic amines) is 1. The van der Waals surface area contributed by atoms with E-state index in [0.717, 1.165) is 25.8 Å². The zero-order valence-corrected chi connectivity index (χ0v) is 17.9. The summed E-state index contributed by atoms with van der Waals surface area (Å²) in [6.45, 7) is 5.04. The smallest absolute Gasteiger partial charge is 0.326 e. The van der Waals surface area contributed by atoms with Gasteiger partial charge in [-0.15, -0.1) is 0 Å². The van der Waals surface area contributed by atoms with E-state index < -0.39 is 35.9 Å². The van der Waals surface area contributed by atoms with Gasteiger partial charge in [0.05, 0.1) is 6.04 Å². The Kier molecular flexibility index (Phi) is 8.76. The Morgan fingerprint density at radius 2 is 1.86 bits per heavy atom. The van der Waals surface area contributed by atoms with Gasteiger partial charge in [0.15, 0.2) is 0 Å². The molecule has 29 heavy (non-hydrogen) atoms. The summed E-state index contributed by atoms with van der Waals surface area (Å²) in [5.74, 6) is -2.07. The second-order valence-corrected chi connectivity index (χ2v) is 8.48. The number of carboxylic acid groups (broad SMARTS) is 1. The summed E-state index contributed by atoms with van der Waals surface area (Å²) in [5.41, 5.74) is 0. The molecule has 4 atom stereocenters. The molecule has 3 amide bonds.